The number of rotatable bonds is 2. The quantitative estimate of drug-likeness (QED) is 0.827. The Morgan fingerprint density at radius 3 is 2.19 bits per heavy atom. The molecule has 0 amide bonds. The van der Waals surface area contributed by atoms with Gasteiger partial charge in [0.25, 0.3) is 0 Å². The third-order valence-electron chi connectivity index (χ3n) is 3.00. The lowest BCUT2D eigenvalue weighted by atomic mass is 9.90. The summed E-state index contributed by atoms with van der Waals surface area (Å²) in [6.07, 6.45) is 3.39. The summed E-state index contributed by atoms with van der Waals surface area (Å²) in [7, 11) is 0. The molecule has 2 aromatic heterocycles. The van der Waals surface area contributed by atoms with E-state index in [2.05, 4.69) is 51.5 Å². The van der Waals surface area contributed by atoms with Crippen molar-refractivity contribution in [3.05, 3.63) is 42.1 Å². The number of aromatic nitrogens is 3. The van der Waals surface area contributed by atoms with Gasteiger partial charge in [0, 0.05) is 23.1 Å². The Labute approximate surface area is 126 Å². The standard InChI is InChI=1S/C17H23N3O/c1-16(2,3)13-10-14(20-15(19-13)17(4,5)6)21-12-8-7-9-18-11-12/h7-11H,1-6H3. The minimum atomic E-state index is -0.131. The van der Waals surface area contributed by atoms with Crippen LogP contribution in [0.2, 0.25) is 0 Å². The zero-order valence-corrected chi connectivity index (χ0v) is 13.6. The average Bonchev–Trinajstić information content (AvgIpc) is 2.37. The molecule has 0 bridgehead atoms. The monoisotopic (exact) mass is 285 g/mol. The molecule has 0 atom stereocenters. The molecule has 0 aromatic carbocycles. The second-order valence-corrected chi connectivity index (χ2v) is 7.21. The molecule has 0 aliphatic rings. The minimum absolute atomic E-state index is 0.0595. The molecule has 0 N–H and O–H groups in total. The minimum Gasteiger partial charge on any atom is -0.437 e. The van der Waals surface area contributed by atoms with Crippen LogP contribution in [0.15, 0.2) is 30.6 Å². The predicted molar refractivity (Wildman–Crippen MR) is 83.7 cm³/mol. The molecule has 0 radical (unpaired) electrons. The van der Waals surface area contributed by atoms with Crippen molar-refractivity contribution in [2.45, 2.75) is 52.4 Å². The summed E-state index contributed by atoms with van der Waals surface area (Å²) in [5, 5.41) is 0. The van der Waals surface area contributed by atoms with E-state index in [1.165, 1.54) is 0 Å². The molecule has 2 heterocycles. The summed E-state index contributed by atoms with van der Waals surface area (Å²) in [5.74, 6) is 2.03. The predicted octanol–water partition coefficient (Wildman–Crippen LogP) is 4.26. The summed E-state index contributed by atoms with van der Waals surface area (Å²) >= 11 is 0. The zero-order valence-electron chi connectivity index (χ0n) is 13.6. The van der Waals surface area contributed by atoms with Crippen molar-refractivity contribution in [2.75, 3.05) is 0 Å². The van der Waals surface area contributed by atoms with Crippen LogP contribution in [0.4, 0.5) is 0 Å². The normalized spacial score (nSPS) is 12.3. The molecule has 0 aliphatic heterocycles. The van der Waals surface area contributed by atoms with Gasteiger partial charge in [0.15, 0.2) is 0 Å². The Bertz CT molecular complexity index is 578. The fourth-order valence-electron chi connectivity index (χ4n) is 1.73. The van der Waals surface area contributed by atoms with Crippen LogP contribution < -0.4 is 4.74 Å². The van der Waals surface area contributed by atoms with Crippen molar-refractivity contribution in [1.82, 2.24) is 15.0 Å². The maximum Gasteiger partial charge on any atom is 0.222 e. The van der Waals surface area contributed by atoms with E-state index < -0.39 is 0 Å². The van der Waals surface area contributed by atoms with Crippen LogP contribution in [0.25, 0.3) is 0 Å². The van der Waals surface area contributed by atoms with Gasteiger partial charge in [0.05, 0.1) is 11.9 Å². The average molecular weight is 285 g/mol. The third-order valence-corrected chi connectivity index (χ3v) is 3.00. The van der Waals surface area contributed by atoms with Gasteiger partial charge in [0.1, 0.15) is 11.6 Å². The smallest absolute Gasteiger partial charge is 0.222 e. The van der Waals surface area contributed by atoms with Gasteiger partial charge >= 0.3 is 0 Å². The Hall–Kier alpha value is -1.97. The topological polar surface area (TPSA) is 47.9 Å². The fraction of sp³-hybridized carbons (Fsp3) is 0.471. The summed E-state index contributed by atoms with van der Waals surface area (Å²) < 4.78 is 5.84. The molecular formula is C17H23N3O. The first-order valence-electron chi connectivity index (χ1n) is 7.14. The molecule has 0 unspecified atom stereocenters. The highest BCUT2D eigenvalue weighted by molar-refractivity contribution is 5.28. The van der Waals surface area contributed by atoms with Gasteiger partial charge in [-0.25, -0.2) is 4.98 Å². The lowest BCUT2D eigenvalue weighted by molar-refractivity contribution is 0.434. The lowest BCUT2D eigenvalue weighted by Crippen LogP contribution is -2.21. The van der Waals surface area contributed by atoms with Crippen LogP contribution >= 0.6 is 0 Å². The molecule has 0 fully saturated rings. The first kappa shape index (κ1) is 15.4. The van der Waals surface area contributed by atoms with E-state index in [0.29, 0.717) is 11.6 Å². The van der Waals surface area contributed by atoms with Crippen molar-refractivity contribution in [3.8, 4) is 11.6 Å². The van der Waals surface area contributed by atoms with Crippen LogP contribution in [-0.2, 0) is 10.8 Å². The van der Waals surface area contributed by atoms with Crippen molar-refractivity contribution in [2.24, 2.45) is 0 Å². The molecule has 0 saturated carbocycles. The van der Waals surface area contributed by atoms with Gasteiger partial charge in [-0.2, -0.15) is 4.98 Å². The third kappa shape index (κ3) is 4.00. The molecule has 112 valence electrons. The molecule has 0 saturated heterocycles. The summed E-state index contributed by atoms with van der Waals surface area (Å²) in [6, 6.07) is 5.61. The second kappa shape index (κ2) is 5.43. The molecule has 2 rings (SSSR count). The Kier molecular flexibility index (Phi) is 3.99. The zero-order chi connectivity index (χ0) is 15.7. The Morgan fingerprint density at radius 2 is 1.67 bits per heavy atom. The van der Waals surface area contributed by atoms with Gasteiger partial charge < -0.3 is 4.74 Å². The van der Waals surface area contributed by atoms with E-state index >= 15 is 0 Å². The molecule has 4 nitrogen and oxygen atoms in total. The number of ether oxygens (including phenoxy) is 1. The van der Waals surface area contributed by atoms with E-state index in [0.717, 1.165) is 11.5 Å². The van der Waals surface area contributed by atoms with E-state index in [1.807, 2.05) is 18.2 Å². The first-order valence-corrected chi connectivity index (χ1v) is 7.14. The summed E-state index contributed by atoms with van der Waals surface area (Å²) in [4.78, 5) is 13.3. The SMILES string of the molecule is CC(C)(C)c1cc(Oc2cccnc2)nc(C(C)(C)C)n1. The Balaban J connectivity index is 2.45. The highest BCUT2D eigenvalue weighted by Gasteiger charge is 2.24. The van der Waals surface area contributed by atoms with Crippen LogP contribution in [0.1, 0.15) is 53.1 Å². The number of pyridine rings is 1. The number of nitrogens with zero attached hydrogens (tertiary/aromatic N) is 3. The van der Waals surface area contributed by atoms with E-state index in [-0.39, 0.29) is 10.8 Å². The molecular weight excluding hydrogens is 262 g/mol. The van der Waals surface area contributed by atoms with Crippen molar-refractivity contribution in [1.29, 1.82) is 0 Å². The van der Waals surface area contributed by atoms with E-state index in [9.17, 15) is 0 Å². The first-order chi connectivity index (χ1) is 9.66. The van der Waals surface area contributed by atoms with Gasteiger partial charge in [-0.3, -0.25) is 4.98 Å². The molecule has 0 aliphatic carbocycles. The van der Waals surface area contributed by atoms with Crippen LogP contribution in [0.3, 0.4) is 0 Å². The number of hydrogen-bond donors (Lipinski definition) is 0. The Morgan fingerprint density at radius 1 is 0.952 bits per heavy atom. The fourth-order valence-corrected chi connectivity index (χ4v) is 1.73. The van der Waals surface area contributed by atoms with Crippen LogP contribution in [-0.4, -0.2) is 15.0 Å². The molecule has 4 heteroatoms. The maximum atomic E-state index is 5.84. The highest BCUT2D eigenvalue weighted by atomic mass is 16.5. The maximum absolute atomic E-state index is 5.84. The van der Waals surface area contributed by atoms with E-state index in [1.54, 1.807) is 12.4 Å². The van der Waals surface area contributed by atoms with Gasteiger partial charge in [-0.1, -0.05) is 41.5 Å². The second-order valence-electron chi connectivity index (χ2n) is 7.21. The van der Waals surface area contributed by atoms with Crippen molar-refractivity contribution < 1.29 is 4.74 Å². The van der Waals surface area contributed by atoms with Gasteiger partial charge in [-0.05, 0) is 12.1 Å². The van der Waals surface area contributed by atoms with Crippen LogP contribution in [0, 0.1) is 0 Å². The van der Waals surface area contributed by atoms with E-state index in [4.69, 9.17) is 9.72 Å². The lowest BCUT2D eigenvalue weighted by Gasteiger charge is -2.23. The van der Waals surface area contributed by atoms with Crippen molar-refractivity contribution >= 4 is 0 Å². The number of hydrogen-bond acceptors (Lipinski definition) is 4. The summed E-state index contributed by atoms with van der Waals surface area (Å²) in [5.41, 5.74) is 0.783. The largest absolute Gasteiger partial charge is 0.437 e. The van der Waals surface area contributed by atoms with Crippen LogP contribution in [0.5, 0.6) is 11.6 Å². The molecule has 21 heavy (non-hydrogen) atoms. The molecule has 0 spiro atoms. The molecule has 2 aromatic rings. The van der Waals surface area contributed by atoms with Gasteiger partial charge in [0.2, 0.25) is 5.88 Å². The van der Waals surface area contributed by atoms with Gasteiger partial charge in [-0.15, -0.1) is 0 Å². The highest BCUT2D eigenvalue weighted by Crippen LogP contribution is 2.29. The van der Waals surface area contributed by atoms with Crippen molar-refractivity contribution in [3.63, 3.8) is 0 Å². The summed E-state index contributed by atoms with van der Waals surface area (Å²) in [6.45, 7) is 12.7.